The van der Waals surface area contributed by atoms with E-state index >= 15 is 0 Å². The van der Waals surface area contributed by atoms with Crippen LogP contribution in [0.2, 0.25) is 0 Å². The van der Waals surface area contributed by atoms with Crippen molar-refractivity contribution in [1.82, 2.24) is 15.0 Å². The molecule has 2 aromatic heterocycles. The summed E-state index contributed by atoms with van der Waals surface area (Å²) in [5, 5.41) is 1.21. The van der Waals surface area contributed by atoms with Crippen LogP contribution in [0.5, 0.6) is 0 Å². The van der Waals surface area contributed by atoms with Gasteiger partial charge in [-0.2, -0.15) is 0 Å². The lowest BCUT2D eigenvalue weighted by atomic mass is 10.2. The Morgan fingerprint density at radius 2 is 2.07 bits per heavy atom. The number of benzene rings is 1. The molecule has 0 bridgehead atoms. The number of nitrogens with one attached hydrogen (secondary N) is 2. The van der Waals surface area contributed by atoms with Crippen LogP contribution in [0.1, 0.15) is 0 Å². The minimum atomic E-state index is 0.876. The number of para-hydroxylation sites is 1. The Hall–Kier alpha value is -2.03. The van der Waals surface area contributed by atoms with Gasteiger partial charge in [0.2, 0.25) is 0 Å². The van der Waals surface area contributed by atoms with Crippen LogP contribution >= 0.6 is 0 Å². The largest absolute Gasteiger partial charge is 0.352 e. The first-order chi connectivity index (χ1) is 6.93. The van der Waals surface area contributed by atoms with Gasteiger partial charge in [0.1, 0.15) is 0 Å². The number of hydrogen-bond donors (Lipinski definition) is 2. The third kappa shape index (κ3) is 1.03. The number of nitrogens with zero attached hydrogens (tertiary/aromatic N) is 1. The number of imidazole rings is 1. The van der Waals surface area contributed by atoms with Crippen molar-refractivity contribution in [3.63, 3.8) is 0 Å². The molecule has 0 aliphatic rings. The SMILES string of the molecule is c1ccc2[nH]c(-c3ncc[nH]3)cc2c1. The molecular formula is C11H9N3. The molecule has 68 valence electrons. The summed E-state index contributed by atoms with van der Waals surface area (Å²) >= 11 is 0. The number of H-pyrrole nitrogens is 2. The fourth-order valence-electron chi connectivity index (χ4n) is 1.61. The molecule has 0 aliphatic heterocycles. The lowest BCUT2D eigenvalue weighted by molar-refractivity contribution is 1.27. The van der Waals surface area contributed by atoms with Crippen molar-refractivity contribution < 1.29 is 0 Å². The molecule has 3 heteroatoms. The Bertz CT molecular complexity index is 516. The molecule has 0 fully saturated rings. The average Bonchev–Trinajstić information content (AvgIpc) is 2.86. The third-order valence-electron chi connectivity index (χ3n) is 2.28. The zero-order chi connectivity index (χ0) is 9.38. The molecule has 0 saturated heterocycles. The van der Waals surface area contributed by atoms with E-state index in [4.69, 9.17) is 0 Å². The Balaban J connectivity index is 2.24. The van der Waals surface area contributed by atoms with Gasteiger partial charge in [-0.25, -0.2) is 4.98 Å². The molecule has 0 saturated carbocycles. The molecule has 0 atom stereocenters. The highest BCUT2D eigenvalue weighted by molar-refractivity contribution is 5.84. The summed E-state index contributed by atoms with van der Waals surface area (Å²) in [7, 11) is 0. The van der Waals surface area contributed by atoms with E-state index in [-0.39, 0.29) is 0 Å². The lowest BCUT2D eigenvalue weighted by Gasteiger charge is -1.88. The lowest BCUT2D eigenvalue weighted by Crippen LogP contribution is -1.77. The fraction of sp³-hybridized carbons (Fsp3) is 0. The standard InChI is InChI=1S/C11H9N3/c1-2-4-9-8(3-1)7-10(14-9)11-12-5-6-13-11/h1-7,14H,(H,12,13). The minimum absolute atomic E-state index is 0.876. The van der Waals surface area contributed by atoms with Crippen LogP contribution in [0.3, 0.4) is 0 Å². The highest BCUT2D eigenvalue weighted by Gasteiger charge is 2.03. The van der Waals surface area contributed by atoms with E-state index in [1.807, 2.05) is 18.3 Å². The van der Waals surface area contributed by atoms with E-state index < -0.39 is 0 Å². The average molecular weight is 183 g/mol. The minimum Gasteiger partial charge on any atom is -0.352 e. The number of rotatable bonds is 1. The van der Waals surface area contributed by atoms with E-state index in [1.54, 1.807) is 6.20 Å². The first-order valence-electron chi connectivity index (χ1n) is 4.51. The normalized spacial score (nSPS) is 10.9. The fourth-order valence-corrected chi connectivity index (χ4v) is 1.61. The zero-order valence-electron chi connectivity index (χ0n) is 7.49. The van der Waals surface area contributed by atoms with Crippen molar-refractivity contribution in [2.45, 2.75) is 0 Å². The Kier molecular flexibility index (Phi) is 1.44. The maximum absolute atomic E-state index is 4.19. The highest BCUT2D eigenvalue weighted by Crippen LogP contribution is 2.20. The summed E-state index contributed by atoms with van der Waals surface area (Å²) in [5.74, 6) is 0.876. The van der Waals surface area contributed by atoms with Crippen LogP contribution in [-0.4, -0.2) is 15.0 Å². The number of aromatic amines is 2. The van der Waals surface area contributed by atoms with Gasteiger partial charge in [0.25, 0.3) is 0 Å². The molecule has 1 aromatic carbocycles. The Morgan fingerprint density at radius 1 is 1.14 bits per heavy atom. The maximum atomic E-state index is 4.19. The van der Waals surface area contributed by atoms with Gasteiger partial charge >= 0.3 is 0 Å². The second-order valence-corrected chi connectivity index (χ2v) is 3.21. The molecule has 0 amide bonds. The topological polar surface area (TPSA) is 44.5 Å². The van der Waals surface area contributed by atoms with Crippen LogP contribution in [0.15, 0.2) is 42.7 Å². The third-order valence-corrected chi connectivity index (χ3v) is 2.28. The Labute approximate surface area is 80.8 Å². The van der Waals surface area contributed by atoms with Gasteiger partial charge in [0.15, 0.2) is 5.82 Å². The van der Waals surface area contributed by atoms with Crippen molar-refractivity contribution in [2.24, 2.45) is 0 Å². The van der Waals surface area contributed by atoms with Gasteiger partial charge in [-0.15, -0.1) is 0 Å². The number of aromatic nitrogens is 3. The second kappa shape index (κ2) is 2.73. The smallest absolute Gasteiger partial charge is 0.153 e. The van der Waals surface area contributed by atoms with Gasteiger partial charge in [0, 0.05) is 23.3 Å². The van der Waals surface area contributed by atoms with E-state index in [1.165, 1.54) is 5.39 Å². The molecule has 3 nitrogen and oxygen atoms in total. The highest BCUT2D eigenvalue weighted by atomic mass is 14.9. The molecule has 0 aliphatic carbocycles. The summed E-state index contributed by atoms with van der Waals surface area (Å²) in [6.45, 7) is 0. The maximum Gasteiger partial charge on any atom is 0.153 e. The first-order valence-corrected chi connectivity index (χ1v) is 4.51. The van der Waals surface area contributed by atoms with Gasteiger partial charge in [-0.05, 0) is 12.1 Å². The molecule has 0 spiro atoms. The first kappa shape index (κ1) is 7.38. The molecule has 0 unspecified atom stereocenters. The van der Waals surface area contributed by atoms with Crippen molar-refractivity contribution in [1.29, 1.82) is 0 Å². The molecule has 14 heavy (non-hydrogen) atoms. The summed E-state index contributed by atoms with van der Waals surface area (Å²) < 4.78 is 0. The Morgan fingerprint density at radius 3 is 2.86 bits per heavy atom. The second-order valence-electron chi connectivity index (χ2n) is 3.21. The van der Waals surface area contributed by atoms with Gasteiger partial charge in [-0.3, -0.25) is 0 Å². The van der Waals surface area contributed by atoms with Crippen LogP contribution in [0, 0.1) is 0 Å². The summed E-state index contributed by atoms with van der Waals surface area (Å²) in [5.41, 5.74) is 2.16. The van der Waals surface area contributed by atoms with Crippen LogP contribution in [-0.2, 0) is 0 Å². The number of fused-ring (bicyclic) bond motifs is 1. The molecule has 0 radical (unpaired) electrons. The van der Waals surface area contributed by atoms with E-state index in [0.717, 1.165) is 17.0 Å². The molecule has 2 N–H and O–H groups in total. The van der Waals surface area contributed by atoms with Crippen LogP contribution < -0.4 is 0 Å². The summed E-state index contributed by atoms with van der Waals surface area (Å²) in [6, 6.07) is 10.3. The predicted molar refractivity (Wildman–Crippen MR) is 55.9 cm³/mol. The van der Waals surface area contributed by atoms with Crippen LogP contribution in [0.25, 0.3) is 22.4 Å². The van der Waals surface area contributed by atoms with Gasteiger partial charge in [0.05, 0.1) is 5.69 Å². The monoisotopic (exact) mass is 183 g/mol. The quantitative estimate of drug-likeness (QED) is 0.598. The van der Waals surface area contributed by atoms with Gasteiger partial charge in [-0.1, -0.05) is 18.2 Å². The van der Waals surface area contributed by atoms with Gasteiger partial charge < -0.3 is 9.97 Å². The molecular weight excluding hydrogens is 174 g/mol. The van der Waals surface area contributed by atoms with Crippen molar-refractivity contribution in [3.05, 3.63) is 42.7 Å². The van der Waals surface area contributed by atoms with E-state index in [0.29, 0.717) is 0 Å². The molecule has 2 heterocycles. The predicted octanol–water partition coefficient (Wildman–Crippen LogP) is 2.56. The van der Waals surface area contributed by atoms with E-state index in [2.05, 4.69) is 33.2 Å². The van der Waals surface area contributed by atoms with Crippen molar-refractivity contribution in [2.75, 3.05) is 0 Å². The molecule has 3 aromatic rings. The number of hydrogen-bond acceptors (Lipinski definition) is 1. The van der Waals surface area contributed by atoms with Crippen molar-refractivity contribution in [3.8, 4) is 11.5 Å². The molecule has 3 rings (SSSR count). The van der Waals surface area contributed by atoms with Crippen molar-refractivity contribution >= 4 is 10.9 Å². The van der Waals surface area contributed by atoms with E-state index in [9.17, 15) is 0 Å². The summed E-state index contributed by atoms with van der Waals surface area (Å²) in [4.78, 5) is 10.6. The van der Waals surface area contributed by atoms with Crippen LogP contribution in [0.4, 0.5) is 0 Å². The zero-order valence-corrected chi connectivity index (χ0v) is 7.49. The summed E-state index contributed by atoms with van der Waals surface area (Å²) in [6.07, 6.45) is 3.57.